The molecule has 3 heteroatoms. The summed E-state index contributed by atoms with van der Waals surface area (Å²) in [5, 5.41) is 3.39. The van der Waals surface area contributed by atoms with Crippen LogP contribution in [0.25, 0.3) is 0 Å². The van der Waals surface area contributed by atoms with Gasteiger partial charge in [0.1, 0.15) is 5.84 Å². The summed E-state index contributed by atoms with van der Waals surface area (Å²) < 4.78 is 0. The molecule has 0 heterocycles. The number of nitrogens with zero attached hydrogens (tertiary/aromatic N) is 1. The van der Waals surface area contributed by atoms with Gasteiger partial charge in [0.05, 0.1) is 5.69 Å². The molecule has 1 N–H and O–H groups in total. The maximum Gasteiger partial charge on any atom is 0.138 e. The number of amidine groups is 1. The number of anilines is 1. The first kappa shape index (κ1) is 20.1. The molecule has 0 aromatic heterocycles. The number of benzene rings is 3. The van der Waals surface area contributed by atoms with E-state index in [1.165, 1.54) is 9.95 Å². The van der Waals surface area contributed by atoms with Crippen LogP contribution in [0.5, 0.6) is 0 Å². The van der Waals surface area contributed by atoms with Crippen LogP contribution in [0, 0.1) is 0 Å². The Morgan fingerprint density at radius 2 is 1.23 bits per heavy atom. The summed E-state index contributed by atoms with van der Waals surface area (Å²) in [6.07, 6.45) is 0. The van der Waals surface area contributed by atoms with Crippen molar-refractivity contribution >= 4 is 34.6 Å². The normalized spacial score (nSPS) is 10.5. The van der Waals surface area contributed by atoms with Crippen LogP contribution in [0.15, 0.2) is 96.0 Å². The van der Waals surface area contributed by atoms with Crippen LogP contribution in [0.4, 0.5) is 11.4 Å². The average molecular weight is 400 g/mol. The fraction of sp³-hybridized carbons (Fsp3) is 0.174. The summed E-state index contributed by atoms with van der Waals surface area (Å²) in [5.41, 5.74) is 3.01. The van der Waals surface area contributed by atoms with Gasteiger partial charge in [-0.3, -0.25) is 0 Å². The molecular weight excluding hydrogens is 374 g/mol. The van der Waals surface area contributed by atoms with Gasteiger partial charge in [-0.05, 0) is 24.3 Å². The van der Waals surface area contributed by atoms with Gasteiger partial charge in [0, 0.05) is 11.3 Å². The Kier molecular flexibility index (Phi) is 9.40. The molecule has 0 spiro atoms. The van der Waals surface area contributed by atoms with Gasteiger partial charge < -0.3 is 5.32 Å². The van der Waals surface area contributed by atoms with Crippen molar-refractivity contribution in [3.63, 3.8) is 0 Å². The molecule has 3 rings (SSSR count). The van der Waals surface area contributed by atoms with E-state index in [9.17, 15) is 0 Å². The summed E-state index contributed by atoms with van der Waals surface area (Å²) in [6.45, 7) is 4.56. The van der Waals surface area contributed by atoms with E-state index < -0.39 is 0 Å². The third-order valence-electron chi connectivity index (χ3n) is 3.66. The third kappa shape index (κ3) is 7.34. The van der Waals surface area contributed by atoms with Gasteiger partial charge in [0.25, 0.3) is 0 Å². The van der Waals surface area contributed by atoms with Gasteiger partial charge in [-0.25, -0.2) is 4.99 Å². The van der Waals surface area contributed by atoms with E-state index in [0.717, 1.165) is 22.8 Å². The van der Waals surface area contributed by atoms with Crippen molar-refractivity contribution in [1.29, 1.82) is 0 Å². The van der Waals surface area contributed by atoms with Gasteiger partial charge in [0.2, 0.25) is 0 Å². The monoisotopic (exact) mass is 399 g/mol. The maximum atomic E-state index is 4.73. The number of hydrogen-bond donors (Lipinski definition) is 1. The molecule has 0 aliphatic heterocycles. The zero-order valence-corrected chi connectivity index (χ0v) is 18.0. The minimum atomic E-state index is 0.312. The predicted molar refractivity (Wildman–Crippen MR) is 116 cm³/mol. The van der Waals surface area contributed by atoms with E-state index in [-0.39, 0.29) is 0 Å². The number of nitrogens with one attached hydrogen (secondary N) is 1. The molecule has 0 aliphatic rings. The van der Waals surface area contributed by atoms with Crippen molar-refractivity contribution < 1.29 is 0 Å². The molecule has 0 saturated heterocycles. The van der Waals surface area contributed by atoms with Gasteiger partial charge in [-0.15, -0.1) is 0 Å². The second-order valence-electron chi connectivity index (χ2n) is 5.76. The van der Waals surface area contributed by atoms with Crippen molar-refractivity contribution in [2.45, 2.75) is 23.8 Å². The molecule has 0 bridgehead atoms. The third-order valence-corrected chi connectivity index (χ3v) is 6.08. The summed E-state index contributed by atoms with van der Waals surface area (Å²) in [6, 6.07) is 30.2. The van der Waals surface area contributed by atoms with Gasteiger partial charge in [0.15, 0.2) is 0 Å². The minimum absolute atomic E-state index is 0.312. The molecule has 2 nitrogen and oxygen atoms in total. The largest absolute Gasteiger partial charge is 0.340 e. The quantitative estimate of drug-likeness (QED) is 0.297. The standard InChI is InChI=1S/C19H16N2.2C2H5.Ga/c1-4-10-16(11-5-1)19(20-17-12-6-2-7-13-17)21-18-14-8-3-9-15-18;2*1-2;/h1-15H,(H,20,21);2*1H2,2H3;. The Morgan fingerprint density at radius 1 is 0.731 bits per heavy atom. The van der Waals surface area contributed by atoms with Crippen molar-refractivity contribution in [1.82, 2.24) is 0 Å². The second kappa shape index (κ2) is 12.2. The van der Waals surface area contributed by atoms with Crippen molar-refractivity contribution in [2.75, 3.05) is 5.32 Å². The van der Waals surface area contributed by atoms with E-state index in [1.54, 1.807) is 0 Å². The first-order valence-corrected chi connectivity index (χ1v) is 12.6. The summed E-state index contributed by atoms with van der Waals surface area (Å²) in [7, 11) is 0. The molecule has 0 fully saturated rings. The fourth-order valence-electron chi connectivity index (χ4n) is 2.34. The second-order valence-corrected chi connectivity index (χ2v) is 10.4. The summed E-state index contributed by atoms with van der Waals surface area (Å²) in [5.74, 6) is 0.841. The zero-order valence-electron chi connectivity index (χ0n) is 15.6. The Labute approximate surface area is 165 Å². The Balaban J connectivity index is 0.000000431. The smallest absolute Gasteiger partial charge is 0.138 e. The molecule has 131 valence electrons. The van der Waals surface area contributed by atoms with Crippen LogP contribution in [0.1, 0.15) is 19.4 Å². The van der Waals surface area contributed by atoms with Gasteiger partial charge >= 0.3 is 41.2 Å². The maximum absolute atomic E-state index is 4.73. The first-order valence-electron chi connectivity index (χ1n) is 9.16. The van der Waals surface area contributed by atoms with Gasteiger partial charge in [-0.1, -0.05) is 66.7 Å². The Bertz CT molecular complexity index is 754. The van der Waals surface area contributed by atoms with Crippen molar-refractivity contribution in [3.05, 3.63) is 96.6 Å². The first-order chi connectivity index (χ1) is 12.8. The van der Waals surface area contributed by atoms with E-state index >= 15 is 0 Å². The Morgan fingerprint density at radius 3 is 1.73 bits per heavy atom. The molecule has 0 saturated carbocycles. The van der Waals surface area contributed by atoms with Crippen LogP contribution < -0.4 is 5.32 Å². The van der Waals surface area contributed by atoms with Gasteiger partial charge in [-0.2, -0.15) is 0 Å². The average Bonchev–Trinajstić information content (AvgIpc) is 2.71. The summed E-state index contributed by atoms with van der Waals surface area (Å²) >= 11 is 0.312. The van der Waals surface area contributed by atoms with E-state index in [2.05, 4.69) is 31.3 Å². The van der Waals surface area contributed by atoms with E-state index in [4.69, 9.17) is 4.99 Å². The minimum Gasteiger partial charge on any atom is -0.340 e. The summed E-state index contributed by atoms with van der Waals surface area (Å²) in [4.78, 5) is 7.73. The molecule has 26 heavy (non-hydrogen) atoms. The Hall–Kier alpha value is -2.23. The van der Waals surface area contributed by atoms with Crippen molar-refractivity contribution in [2.24, 2.45) is 4.99 Å². The molecule has 1 radical (unpaired) electrons. The van der Waals surface area contributed by atoms with Crippen LogP contribution in [-0.2, 0) is 0 Å². The molecule has 3 aromatic rings. The van der Waals surface area contributed by atoms with Crippen LogP contribution in [-0.4, -0.2) is 23.2 Å². The van der Waals surface area contributed by atoms with Crippen LogP contribution in [0.2, 0.25) is 9.95 Å². The molecular formula is C23H26GaN2. The SMILES string of the molecule is C[CH2][Ga][CH2]C.c1ccc(N=C(Nc2ccccc2)c2ccccc2)cc1. The molecule has 0 aliphatic carbocycles. The van der Waals surface area contributed by atoms with E-state index in [1.807, 2.05) is 78.9 Å². The number of para-hydroxylation sites is 2. The van der Waals surface area contributed by atoms with Crippen LogP contribution >= 0.6 is 0 Å². The van der Waals surface area contributed by atoms with Crippen LogP contribution in [0.3, 0.4) is 0 Å². The van der Waals surface area contributed by atoms with Crippen molar-refractivity contribution in [3.8, 4) is 0 Å². The van der Waals surface area contributed by atoms with E-state index in [0.29, 0.717) is 17.4 Å². The zero-order chi connectivity index (χ0) is 18.5. The molecule has 0 amide bonds. The molecule has 0 atom stereocenters. The fourth-order valence-corrected chi connectivity index (χ4v) is 3.55. The number of hydrogen-bond acceptors (Lipinski definition) is 1. The number of aliphatic imine (C=N–C) groups is 1. The predicted octanol–water partition coefficient (Wildman–Crippen LogP) is 6.44. The number of rotatable bonds is 5. The molecule has 3 aromatic carbocycles. The molecule has 0 unspecified atom stereocenters. The topological polar surface area (TPSA) is 24.4 Å².